The number of nitrogens with zero attached hydrogens (tertiary/aromatic N) is 1. The Morgan fingerprint density at radius 1 is 1.11 bits per heavy atom. The average Bonchev–Trinajstić information content (AvgIpc) is 3.19. The zero-order valence-corrected chi connectivity index (χ0v) is 22.6. The van der Waals surface area contributed by atoms with Gasteiger partial charge in [0.05, 0.1) is 0 Å². The van der Waals surface area contributed by atoms with E-state index < -0.39 is 26.9 Å². The molecule has 1 saturated carbocycles. The molecule has 0 aliphatic heterocycles. The van der Waals surface area contributed by atoms with Crippen LogP contribution in [-0.2, 0) is 20.2 Å². The fourth-order valence-electron chi connectivity index (χ4n) is 4.24. The molecule has 0 radical (unpaired) electrons. The van der Waals surface area contributed by atoms with Gasteiger partial charge in [-0.1, -0.05) is 54.1 Å². The molecule has 2 aromatic carbocycles. The van der Waals surface area contributed by atoms with E-state index in [1.165, 1.54) is 6.07 Å². The van der Waals surface area contributed by atoms with E-state index in [-0.39, 0.29) is 10.6 Å². The van der Waals surface area contributed by atoms with Gasteiger partial charge in [-0.2, -0.15) is 16.5 Å². The van der Waals surface area contributed by atoms with Gasteiger partial charge in [0.15, 0.2) is 0 Å². The van der Waals surface area contributed by atoms with Crippen molar-refractivity contribution in [3.63, 3.8) is 0 Å². The molecule has 3 aromatic rings. The molecule has 1 heterocycles. The molecule has 0 bridgehead atoms. The van der Waals surface area contributed by atoms with E-state index in [9.17, 15) is 18.3 Å². The van der Waals surface area contributed by atoms with Crippen LogP contribution in [0.4, 0.5) is 0 Å². The lowest BCUT2D eigenvalue weighted by Crippen LogP contribution is -2.49. The van der Waals surface area contributed by atoms with E-state index in [4.69, 9.17) is 11.6 Å². The van der Waals surface area contributed by atoms with Crippen LogP contribution in [-0.4, -0.2) is 62.1 Å². The highest BCUT2D eigenvalue weighted by molar-refractivity contribution is 7.99. The molecule has 0 saturated heterocycles. The van der Waals surface area contributed by atoms with Gasteiger partial charge in [-0.05, 0) is 55.9 Å². The Morgan fingerprint density at radius 3 is 2.43 bits per heavy atom. The summed E-state index contributed by atoms with van der Waals surface area (Å²) < 4.78 is 29.6. The van der Waals surface area contributed by atoms with E-state index in [0.717, 1.165) is 39.6 Å². The van der Waals surface area contributed by atoms with Crippen molar-refractivity contribution in [2.75, 3.05) is 32.1 Å². The largest absolute Gasteiger partial charge is 0.480 e. The van der Waals surface area contributed by atoms with E-state index >= 15 is 0 Å². The molecule has 1 fully saturated rings. The number of hydrogen-bond acceptors (Lipinski definition) is 6. The first kappa shape index (κ1) is 26.2. The zero-order valence-electron chi connectivity index (χ0n) is 19.4. The summed E-state index contributed by atoms with van der Waals surface area (Å²) in [7, 11) is -0.103. The second kappa shape index (κ2) is 10.2. The highest BCUT2D eigenvalue weighted by Crippen LogP contribution is 2.60. The number of halogens is 1. The fourth-order valence-corrected chi connectivity index (χ4v) is 8.60. The lowest BCUT2D eigenvalue weighted by Gasteiger charge is -2.24. The van der Waals surface area contributed by atoms with E-state index in [2.05, 4.69) is 9.62 Å². The fraction of sp³-hybridized carbons (Fsp3) is 0.320. The van der Waals surface area contributed by atoms with Crippen LogP contribution in [0.1, 0.15) is 12.0 Å². The van der Waals surface area contributed by atoms with Crippen molar-refractivity contribution in [3.05, 3.63) is 77.3 Å². The lowest BCUT2D eigenvalue weighted by molar-refractivity contribution is -0.140. The number of nitrogens with one attached hydrogen (secondary N) is 1. The maximum atomic E-state index is 13.4. The van der Waals surface area contributed by atoms with Crippen LogP contribution in [0.15, 0.2) is 70.9 Å². The molecule has 186 valence electrons. The van der Waals surface area contributed by atoms with Gasteiger partial charge in [-0.25, -0.2) is 8.42 Å². The summed E-state index contributed by atoms with van der Waals surface area (Å²) in [6, 6.07) is 19.7. The third-order valence-electron chi connectivity index (χ3n) is 6.27. The molecule has 6 nitrogen and oxygen atoms in total. The van der Waals surface area contributed by atoms with Crippen LogP contribution in [0, 0.1) is 0 Å². The molecule has 4 rings (SSSR count). The van der Waals surface area contributed by atoms with Gasteiger partial charge in [0.25, 0.3) is 10.0 Å². The molecule has 35 heavy (non-hydrogen) atoms. The second-order valence-electron chi connectivity index (χ2n) is 8.92. The molecule has 1 aliphatic rings. The molecule has 2 N–H and O–H groups in total. The van der Waals surface area contributed by atoms with Crippen molar-refractivity contribution in [2.24, 2.45) is 0 Å². The van der Waals surface area contributed by atoms with Crippen molar-refractivity contribution in [1.29, 1.82) is 0 Å². The highest BCUT2D eigenvalue weighted by Gasteiger charge is 2.74. The quantitative estimate of drug-likeness (QED) is 0.333. The Labute approximate surface area is 219 Å². The molecule has 0 spiro atoms. The number of carboxylic acids is 1. The van der Waals surface area contributed by atoms with E-state index in [1.807, 2.05) is 56.6 Å². The summed E-state index contributed by atoms with van der Waals surface area (Å²) in [4.78, 5) is 15.5. The number of rotatable bonds is 11. The lowest BCUT2D eigenvalue weighted by atomic mass is 9.92. The zero-order chi connectivity index (χ0) is 25.3. The minimum Gasteiger partial charge on any atom is -0.480 e. The summed E-state index contributed by atoms with van der Waals surface area (Å²) in [6.07, 6.45) is 0.197. The summed E-state index contributed by atoms with van der Waals surface area (Å²) in [5.41, 5.74) is -0.769. The standard InChI is InChI=1S/C25H27ClN2O4S3/c1-28(2)14-15-33-17-24(19-6-4-3-5-7-19)16-25(24,23(29)30)27-35(31,32)22-13-12-21(34-22)18-8-10-20(26)11-9-18/h3-13,27H,14-17H2,1-2H3,(H,29,30)/t24-,25?/m1/s1. The number of thiophene rings is 1. The first-order valence-electron chi connectivity index (χ1n) is 11.0. The van der Waals surface area contributed by atoms with Crippen LogP contribution < -0.4 is 4.72 Å². The Balaban J connectivity index is 1.63. The van der Waals surface area contributed by atoms with Crippen molar-refractivity contribution in [1.82, 2.24) is 9.62 Å². The molecular weight excluding hydrogens is 524 g/mol. The normalized spacial score (nSPS) is 21.8. The smallest absolute Gasteiger partial charge is 0.325 e. The molecular formula is C25H27ClN2O4S3. The second-order valence-corrected chi connectivity index (χ2v) is 13.5. The third kappa shape index (κ3) is 5.30. The van der Waals surface area contributed by atoms with Gasteiger partial charge in [-0.15, -0.1) is 11.3 Å². The molecule has 10 heteroatoms. The summed E-state index contributed by atoms with van der Waals surface area (Å²) in [5, 5.41) is 10.9. The number of sulfonamides is 1. The Kier molecular flexibility index (Phi) is 7.66. The van der Waals surface area contributed by atoms with Crippen molar-refractivity contribution in [2.45, 2.75) is 21.6 Å². The van der Waals surface area contributed by atoms with Gasteiger partial charge < -0.3 is 10.0 Å². The number of benzene rings is 2. The van der Waals surface area contributed by atoms with Gasteiger partial charge in [0, 0.05) is 33.4 Å². The van der Waals surface area contributed by atoms with Crippen molar-refractivity contribution < 1.29 is 18.3 Å². The SMILES string of the molecule is CN(C)CCSC[C@@]1(c2ccccc2)CC1(NS(=O)(=O)c1ccc(-c2ccc(Cl)cc2)s1)C(=O)O. The van der Waals surface area contributed by atoms with Gasteiger partial charge >= 0.3 is 5.97 Å². The molecule has 1 aliphatic carbocycles. The predicted octanol–water partition coefficient (Wildman–Crippen LogP) is 4.81. The van der Waals surface area contributed by atoms with Crippen LogP contribution >= 0.6 is 34.7 Å². The van der Waals surface area contributed by atoms with Crippen LogP contribution in [0.3, 0.4) is 0 Å². The number of carbonyl (C=O) groups is 1. The predicted molar refractivity (Wildman–Crippen MR) is 144 cm³/mol. The van der Waals surface area contributed by atoms with Crippen LogP contribution in [0.2, 0.25) is 5.02 Å². The molecule has 1 aromatic heterocycles. The summed E-state index contributed by atoms with van der Waals surface area (Å²) in [5.74, 6) is 0.159. The Morgan fingerprint density at radius 2 is 1.80 bits per heavy atom. The topological polar surface area (TPSA) is 86.7 Å². The maximum absolute atomic E-state index is 13.4. The first-order chi connectivity index (χ1) is 16.6. The van der Waals surface area contributed by atoms with Crippen molar-refractivity contribution in [3.8, 4) is 10.4 Å². The maximum Gasteiger partial charge on any atom is 0.325 e. The minimum absolute atomic E-state index is 0.0807. The molecule has 0 amide bonds. The molecule has 2 atom stereocenters. The van der Waals surface area contributed by atoms with E-state index in [1.54, 1.807) is 30.0 Å². The number of carboxylic acid groups (broad SMARTS) is 1. The highest BCUT2D eigenvalue weighted by atomic mass is 35.5. The summed E-state index contributed by atoms with van der Waals surface area (Å²) in [6.45, 7) is 0.851. The van der Waals surface area contributed by atoms with Crippen molar-refractivity contribution >= 4 is 50.7 Å². The van der Waals surface area contributed by atoms with Crippen LogP contribution in [0.25, 0.3) is 10.4 Å². The van der Waals surface area contributed by atoms with Gasteiger partial charge in [0.2, 0.25) is 0 Å². The molecule has 1 unspecified atom stereocenters. The first-order valence-corrected chi connectivity index (χ1v) is 14.8. The van der Waals surface area contributed by atoms with E-state index in [0.29, 0.717) is 10.8 Å². The minimum atomic E-state index is -4.07. The average molecular weight is 551 g/mol. The monoisotopic (exact) mass is 550 g/mol. The number of aliphatic carboxylic acids is 1. The van der Waals surface area contributed by atoms with Gasteiger partial charge in [0.1, 0.15) is 9.75 Å². The number of hydrogen-bond donors (Lipinski definition) is 2. The third-order valence-corrected chi connectivity index (χ3v) is 10.8. The number of thioether (sulfide) groups is 1. The van der Waals surface area contributed by atoms with Gasteiger partial charge in [-0.3, -0.25) is 4.79 Å². The Bertz CT molecular complexity index is 1300. The van der Waals surface area contributed by atoms with Crippen LogP contribution in [0.5, 0.6) is 0 Å². The Hall–Kier alpha value is -1.88. The summed E-state index contributed by atoms with van der Waals surface area (Å²) >= 11 is 8.71.